The van der Waals surface area contributed by atoms with E-state index in [0.717, 1.165) is 18.0 Å². The molecule has 0 saturated heterocycles. The minimum atomic E-state index is -0.351. The van der Waals surface area contributed by atoms with Crippen molar-refractivity contribution in [3.8, 4) is 11.5 Å². The average Bonchev–Trinajstić information content (AvgIpc) is 2.95. The predicted octanol–water partition coefficient (Wildman–Crippen LogP) is 2.24. The Hall–Kier alpha value is -1.73. The number of ether oxygens (including phenoxy) is 2. The molecule has 1 atom stereocenters. The molecule has 0 radical (unpaired) electrons. The lowest BCUT2D eigenvalue weighted by Gasteiger charge is -2.23. The second kappa shape index (κ2) is 6.36. The molecule has 1 aromatic carbocycles. The Labute approximate surface area is 127 Å². The highest BCUT2D eigenvalue weighted by Gasteiger charge is 2.27. The van der Waals surface area contributed by atoms with Crippen molar-refractivity contribution in [1.29, 1.82) is 0 Å². The Bertz CT molecular complexity index is 603. The molecule has 2 heterocycles. The molecule has 7 heteroatoms. The number of benzene rings is 1. The number of aromatic nitrogens is 2. The maximum absolute atomic E-state index is 5.84. The summed E-state index contributed by atoms with van der Waals surface area (Å²) < 4.78 is 17.1. The Balaban J connectivity index is 1.62. The third kappa shape index (κ3) is 3.48. The Morgan fingerprint density at radius 1 is 1.24 bits per heavy atom. The molecule has 0 fully saturated rings. The molecule has 1 aliphatic rings. The first kappa shape index (κ1) is 14.2. The molecule has 0 N–H and O–H groups in total. The lowest BCUT2D eigenvalue weighted by Crippen LogP contribution is -2.21. The average molecular weight is 307 g/mol. The molecule has 1 unspecified atom stereocenters. The topological polar surface area (TPSA) is 60.6 Å². The fourth-order valence-electron chi connectivity index (χ4n) is 1.87. The van der Waals surface area contributed by atoms with Crippen LogP contribution in [0.1, 0.15) is 12.0 Å². The first-order valence-electron chi connectivity index (χ1n) is 6.72. The fraction of sp³-hybridized carbons (Fsp3) is 0.429. The van der Waals surface area contributed by atoms with Gasteiger partial charge < -0.3 is 18.8 Å². The van der Waals surface area contributed by atoms with Crippen LogP contribution in [0.25, 0.3) is 0 Å². The van der Waals surface area contributed by atoms with E-state index < -0.39 is 0 Å². The standard InChI is InChI=1S/C14H17N3O3S/c1-17(2)7-8-21-14-16-15-13(20-14)12-9-18-10-5-3-4-6-11(10)19-12/h3-6,12H,7-9H2,1-2H3. The van der Waals surface area contributed by atoms with Crippen LogP contribution < -0.4 is 9.47 Å². The van der Waals surface area contributed by atoms with E-state index in [2.05, 4.69) is 15.1 Å². The van der Waals surface area contributed by atoms with E-state index in [9.17, 15) is 0 Å². The molecule has 1 aliphatic heterocycles. The van der Waals surface area contributed by atoms with E-state index in [4.69, 9.17) is 13.9 Å². The van der Waals surface area contributed by atoms with Gasteiger partial charge in [0.05, 0.1) is 0 Å². The van der Waals surface area contributed by atoms with Gasteiger partial charge in [-0.2, -0.15) is 0 Å². The van der Waals surface area contributed by atoms with E-state index >= 15 is 0 Å². The van der Waals surface area contributed by atoms with Crippen LogP contribution >= 0.6 is 11.8 Å². The smallest absolute Gasteiger partial charge is 0.276 e. The number of thioether (sulfide) groups is 1. The van der Waals surface area contributed by atoms with Gasteiger partial charge in [0.2, 0.25) is 6.10 Å². The lowest BCUT2D eigenvalue weighted by molar-refractivity contribution is 0.0686. The third-order valence-electron chi connectivity index (χ3n) is 2.97. The second-order valence-electron chi connectivity index (χ2n) is 4.92. The number of fused-ring (bicyclic) bond motifs is 1. The molecule has 2 aromatic rings. The van der Waals surface area contributed by atoms with Gasteiger partial charge in [0.15, 0.2) is 11.5 Å². The van der Waals surface area contributed by atoms with Gasteiger partial charge >= 0.3 is 0 Å². The van der Waals surface area contributed by atoms with Gasteiger partial charge in [-0.15, -0.1) is 10.2 Å². The van der Waals surface area contributed by atoms with Crippen LogP contribution in [0.15, 0.2) is 33.9 Å². The lowest BCUT2D eigenvalue weighted by atomic mass is 10.2. The minimum Gasteiger partial charge on any atom is -0.485 e. The van der Waals surface area contributed by atoms with Crippen molar-refractivity contribution in [1.82, 2.24) is 15.1 Å². The van der Waals surface area contributed by atoms with Gasteiger partial charge in [-0.1, -0.05) is 23.9 Å². The highest BCUT2D eigenvalue weighted by Crippen LogP contribution is 2.35. The van der Waals surface area contributed by atoms with E-state index in [-0.39, 0.29) is 6.10 Å². The van der Waals surface area contributed by atoms with E-state index in [1.807, 2.05) is 38.4 Å². The zero-order chi connectivity index (χ0) is 14.7. The number of para-hydroxylation sites is 2. The van der Waals surface area contributed by atoms with E-state index in [1.165, 1.54) is 0 Å². The summed E-state index contributed by atoms with van der Waals surface area (Å²) in [6.45, 7) is 1.33. The maximum Gasteiger partial charge on any atom is 0.276 e. The zero-order valence-electron chi connectivity index (χ0n) is 12.0. The summed E-state index contributed by atoms with van der Waals surface area (Å²) in [5, 5.41) is 8.66. The number of hydrogen-bond donors (Lipinski definition) is 0. The fourth-order valence-corrected chi connectivity index (χ4v) is 2.74. The molecule has 0 aliphatic carbocycles. The first-order chi connectivity index (χ1) is 10.2. The molecular formula is C14H17N3O3S. The summed E-state index contributed by atoms with van der Waals surface area (Å²) >= 11 is 1.54. The summed E-state index contributed by atoms with van der Waals surface area (Å²) in [4.78, 5) is 2.11. The van der Waals surface area contributed by atoms with Crippen molar-refractivity contribution < 1.29 is 13.9 Å². The molecule has 112 valence electrons. The predicted molar refractivity (Wildman–Crippen MR) is 78.9 cm³/mol. The maximum atomic E-state index is 5.84. The molecule has 6 nitrogen and oxygen atoms in total. The molecule has 1 aromatic heterocycles. The highest BCUT2D eigenvalue weighted by atomic mass is 32.2. The van der Waals surface area contributed by atoms with Gasteiger partial charge in [-0.3, -0.25) is 0 Å². The van der Waals surface area contributed by atoms with Crippen molar-refractivity contribution >= 4 is 11.8 Å². The molecule has 21 heavy (non-hydrogen) atoms. The highest BCUT2D eigenvalue weighted by molar-refractivity contribution is 7.99. The van der Waals surface area contributed by atoms with Crippen molar-refractivity contribution in [3.63, 3.8) is 0 Å². The summed E-state index contributed by atoms with van der Waals surface area (Å²) in [6.07, 6.45) is -0.351. The van der Waals surface area contributed by atoms with E-state index in [1.54, 1.807) is 11.8 Å². The van der Waals surface area contributed by atoms with Crippen LogP contribution in [-0.2, 0) is 0 Å². The van der Waals surface area contributed by atoms with Crippen LogP contribution in [-0.4, -0.2) is 48.1 Å². The summed E-state index contributed by atoms with van der Waals surface area (Å²) in [5.74, 6) is 2.80. The van der Waals surface area contributed by atoms with Crippen LogP contribution in [0.4, 0.5) is 0 Å². The molecule has 0 bridgehead atoms. The van der Waals surface area contributed by atoms with Crippen LogP contribution in [0.5, 0.6) is 11.5 Å². The molecular weight excluding hydrogens is 290 g/mol. The number of hydrogen-bond acceptors (Lipinski definition) is 7. The quantitative estimate of drug-likeness (QED) is 0.785. The van der Waals surface area contributed by atoms with E-state index in [0.29, 0.717) is 23.5 Å². The molecule has 3 rings (SSSR count). The van der Waals surface area contributed by atoms with Crippen LogP contribution in [0.2, 0.25) is 0 Å². The van der Waals surface area contributed by atoms with Crippen molar-refractivity contribution in [2.75, 3.05) is 33.0 Å². The minimum absolute atomic E-state index is 0.351. The SMILES string of the molecule is CN(C)CCSc1nnc(C2COc3ccccc3O2)o1. The summed E-state index contributed by atoms with van der Waals surface area (Å²) in [5.41, 5.74) is 0. The Morgan fingerprint density at radius 2 is 2.05 bits per heavy atom. The van der Waals surface area contributed by atoms with Gasteiger partial charge in [-0.25, -0.2) is 0 Å². The van der Waals surface area contributed by atoms with Gasteiger partial charge in [0.25, 0.3) is 11.1 Å². The normalized spacial score (nSPS) is 17.2. The van der Waals surface area contributed by atoms with Crippen molar-refractivity contribution in [2.45, 2.75) is 11.3 Å². The summed E-state index contributed by atoms with van der Waals surface area (Å²) in [6, 6.07) is 7.56. The zero-order valence-corrected chi connectivity index (χ0v) is 12.8. The van der Waals surface area contributed by atoms with Crippen molar-refractivity contribution in [3.05, 3.63) is 30.2 Å². The molecule has 0 spiro atoms. The van der Waals surface area contributed by atoms with Crippen molar-refractivity contribution in [2.24, 2.45) is 0 Å². The molecule has 0 saturated carbocycles. The monoisotopic (exact) mass is 307 g/mol. The van der Waals surface area contributed by atoms with Crippen LogP contribution in [0.3, 0.4) is 0 Å². The first-order valence-corrected chi connectivity index (χ1v) is 7.70. The Morgan fingerprint density at radius 3 is 2.86 bits per heavy atom. The summed E-state index contributed by atoms with van der Waals surface area (Å²) in [7, 11) is 4.06. The van der Waals surface area contributed by atoms with Gasteiger partial charge in [-0.05, 0) is 26.2 Å². The Kier molecular flexibility index (Phi) is 4.31. The number of nitrogens with zero attached hydrogens (tertiary/aromatic N) is 3. The third-order valence-corrected chi connectivity index (χ3v) is 3.77. The second-order valence-corrected chi connectivity index (χ2v) is 5.97. The number of rotatable bonds is 5. The van der Waals surface area contributed by atoms with Gasteiger partial charge in [0, 0.05) is 12.3 Å². The van der Waals surface area contributed by atoms with Crippen LogP contribution in [0, 0.1) is 0 Å². The van der Waals surface area contributed by atoms with Gasteiger partial charge in [0.1, 0.15) is 6.61 Å². The molecule has 0 amide bonds. The largest absolute Gasteiger partial charge is 0.485 e.